The van der Waals surface area contributed by atoms with Crippen molar-refractivity contribution in [2.75, 3.05) is 12.3 Å². The molecule has 1 heterocycles. The quantitative estimate of drug-likeness (QED) is 0.651. The summed E-state index contributed by atoms with van der Waals surface area (Å²) in [4.78, 5) is 8.97. The van der Waals surface area contributed by atoms with Crippen molar-refractivity contribution in [3.05, 3.63) is 53.3 Å². The molecule has 0 aliphatic rings. The molecule has 0 bridgehead atoms. The first kappa shape index (κ1) is 15.0. The van der Waals surface area contributed by atoms with E-state index in [-0.39, 0.29) is 0 Å². The number of hydrogen-bond donors (Lipinski definition) is 1. The van der Waals surface area contributed by atoms with Crippen molar-refractivity contribution in [1.82, 2.24) is 15.3 Å². The zero-order valence-corrected chi connectivity index (χ0v) is 13.1. The van der Waals surface area contributed by atoms with E-state index in [1.54, 1.807) is 11.8 Å². The Hall–Kier alpha value is -1.39. The van der Waals surface area contributed by atoms with Crippen LogP contribution in [0.5, 0.6) is 0 Å². The van der Waals surface area contributed by atoms with Crippen LogP contribution in [0.25, 0.3) is 0 Å². The van der Waals surface area contributed by atoms with Crippen molar-refractivity contribution in [1.29, 1.82) is 0 Å². The van der Waals surface area contributed by atoms with Crippen LogP contribution in [0.4, 0.5) is 0 Å². The molecule has 2 aromatic rings. The van der Waals surface area contributed by atoms with E-state index in [2.05, 4.69) is 46.5 Å². The molecule has 1 N–H and O–H groups in total. The van der Waals surface area contributed by atoms with Crippen molar-refractivity contribution >= 4 is 11.8 Å². The van der Waals surface area contributed by atoms with Gasteiger partial charge in [0.25, 0.3) is 0 Å². The fraction of sp³-hybridized carbons (Fsp3) is 0.375. The molecule has 1 aromatic heterocycles. The highest BCUT2D eigenvalue weighted by Gasteiger charge is 2.11. The van der Waals surface area contributed by atoms with Gasteiger partial charge in [-0.25, -0.2) is 9.97 Å². The van der Waals surface area contributed by atoms with Crippen molar-refractivity contribution in [3.8, 4) is 0 Å². The Morgan fingerprint density at radius 2 is 1.75 bits per heavy atom. The number of nitrogens with zero attached hydrogens (tertiary/aromatic N) is 2. The third-order valence-corrected chi connectivity index (χ3v) is 3.93. The van der Waals surface area contributed by atoms with E-state index in [0.717, 1.165) is 28.8 Å². The molecule has 2 rings (SSSR count). The lowest BCUT2D eigenvalue weighted by Gasteiger charge is -2.17. The third-order valence-electron chi connectivity index (χ3n) is 2.99. The van der Waals surface area contributed by atoms with Gasteiger partial charge in [0.15, 0.2) is 5.16 Å². The maximum Gasteiger partial charge on any atom is 0.188 e. The molecule has 0 aliphatic heterocycles. The average Bonchev–Trinajstić information content (AvgIpc) is 2.43. The molecule has 106 valence electrons. The van der Waals surface area contributed by atoms with Gasteiger partial charge < -0.3 is 5.32 Å². The Kier molecular flexibility index (Phi) is 5.56. The first-order chi connectivity index (χ1) is 9.69. The van der Waals surface area contributed by atoms with E-state index in [0.29, 0.717) is 6.04 Å². The van der Waals surface area contributed by atoms with Crippen molar-refractivity contribution in [2.45, 2.75) is 32.0 Å². The minimum Gasteiger partial charge on any atom is -0.309 e. The highest BCUT2D eigenvalue weighted by Crippen LogP contribution is 2.22. The van der Waals surface area contributed by atoms with Crippen LogP contribution >= 0.6 is 11.8 Å². The molecule has 1 unspecified atom stereocenters. The second-order valence-corrected chi connectivity index (χ2v) is 5.75. The van der Waals surface area contributed by atoms with Crippen LogP contribution in [0.2, 0.25) is 0 Å². The molecular formula is C16H21N3S. The fourth-order valence-corrected chi connectivity index (χ4v) is 3.16. The Balaban J connectivity index is 2.05. The van der Waals surface area contributed by atoms with Gasteiger partial charge >= 0.3 is 0 Å². The van der Waals surface area contributed by atoms with E-state index < -0.39 is 0 Å². The summed E-state index contributed by atoms with van der Waals surface area (Å²) in [5.74, 6) is 0.931. The first-order valence-corrected chi connectivity index (χ1v) is 7.91. The van der Waals surface area contributed by atoms with Gasteiger partial charge in [0, 0.05) is 23.2 Å². The van der Waals surface area contributed by atoms with Gasteiger partial charge in [-0.1, -0.05) is 49.0 Å². The van der Waals surface area contributed by atoms with E-state index in [9.17, 15) is 0 Å². The second kappa shape index (κ2) is 7.41. The smallest absolute Gasteiger partial charge is 0.188 e. The molecule has 0 saturated heterocycles. The molecule has 0 aliphatic carbocycles. The summed E-state index contributed by atoms with van der Waals surface area (Å²) < 4.78 is 0. The van der Waals surface area contributed by atoms with Crippen LogP contribution in [0, 0.1) is 13.8 Å². The lowest BCUT2D eigenvalue weighted by molar-refractivity contribution is 0.605. The molecule has 0 amide bonds. The van der Waals surface area contributed by atoms with Gasteiger partial charge in [-0.2, -0.15) is 0 Å². The SMILES string of the molecule is CCNC(CSc1nc(C)cc(C)n1)c1ccccc1. The summed E-state index contributed by atoms with van der Waals surface area (Å²) in [6.45, 7) is 7.11. The standard InChI is InChI=1S/C16H21N3S/c1-4-17-15(14-8-6-5-7-9-14)11-20-16-18-12(2)10-13(3)19-16/h5-10,15,17H,4,11H2,1-3H3. The van der Waals surface area contributed by atoms with Crippen LogP contribution in [0.1, 0.15) is 29.9 Å². The molecule has 0 saturated carbocycles. The number of thioether (sulfide) groups is 1. The van der Waals surface area contributed by atoms with E-state index in [1.165, 1.54) is 5.56 Å². The van der Waals surface area contributed by atoms with E-state index in [4.69, 9.17) is 0 Å². The summed E-state index contributed by atoms with van der Waals surface area (Å²) in [5.41, 5.74) is 3.37. The largest absolute Gasteiger partial charge is 0.309 e. The maximum absolute atomic E-state index is 4.48. The minimum atomic E-state index is 0.329. The molecule has 20 heavy (non-hydrogen) atoms. The third kappa shape index (κ3) is 4.32. The predicted octanol–water partition coefficient (Wildman–Crippen LogP) is 3.54. The highest BCUT2D eigenvalue weighted by atomic mass is 32.2. The zero-order valence-electron chi connectivity index (χ0n) is 12.3. The summed E-state index contributed by atoms with van der Waals surface area (Å²) >= 11 is 1.71. The number of rotatable bonds is 6. The molecule has 0 fully saturated rings. The molecule has 3 nitrogen and oxygen atoms in total. The minimum absolute atomic E-state index is 0.329. The van der Waals surface area contributed by atoms with Gasteiger partial charge in [0.1, 0.15) is 0 Å². The van der Waals surface area contributed by atoms with E-state index >= 15 is 0 Å². The predicted molar refractivity (Wildman–Crippen MR) is 85.1 cm³/mol. The van der Waals surface area contributed by atoms with Crippen LogP contribution in [-0.2, 0) is 0 Å². The van der Waals surface area contributed by atoms with Crippen LogP contribution < -0.4 is 5.32 Å². The summed E-state index contributed by atoms with van der Waals surface area (Å²) in [6, 6.07) is 12.9. The monoisotopic (exact) mass is 287 g/mol. The lowest BCUT2D eigenvalue weighted by atomic mass is 10.1. The highest BCUT2D eigenvalue weighted by molar-refractivity contribution is 7.99. The molecular weight excluding hydrogens is 266 g/mol. The first-order valence-electron chi connectivity index (χ1n) is 6.92. The van der Waals surface area contributed by atoms with Crippen molar-refractivity contribution < 1.29 is 0 Å². The number of nitrogens with one attached hydrogen (secondary N) is 1. The summed E-state index contributed by atoms with van der Waals surface area (Å²) in [5, 5.41) is 4.38. The number of hydrogen-bond acceptors (Lipinski definition) is 4. The number of benzene rings is 1. The Morgan fingerprint density at radius 1 is 1.10 bits per heavy atom. The van der Waals surface area contributed by atoms with Crippen LogP contribution in [0.3, 0.4) is 0 Å². The summed E-state index contributed by atoms with van der Waals surface area (Å²) in [7, 11) is 0. The lowest BCUT2D eigenvalue weighted by Crippen LogP contribution is -2.23. The zero-order chi connectivity index (χ0) is 14.4. The van der Waals surface area contributed by atoms with Crippen molar-refractivity contribution in [2.24, 2.45) is 0 Å². The second-order valence-electron chi connectivity index (χ2n) is 4.77. The maximum atomic E-state index is 4.48. The fourth-order valence-electron chi connectivity index (χ4n) is 2.12. The number of aryl methyl sites for hydroxylation is 2. The van der Waals surface area contributed by atoms with Crippen LogP contribution in [0.15, 0.2) is 41.6 Å². The van der Waals surface area contributed by atoms with Gasteiger partial charge in [-0.3, -0.25) is 0 Å². The summed E-state index contributed by atoms with van der Waals surface area (Å²) in [6.07, 6.45) is 0. The Bertz CT molecular complexity index is 522. The van der Waals surface area contributed by atoms with E-state index in [1.807, 2.05) is 26.0 Å². The Morgan fingerprint density at radius 3 is 2.35 bits per heavy atom. The average molecular weight is 287 g/mol. The van der Waals surface area contributed by atoms with Gasteiger partial charge in [0.05, 0.1) is 0 Å². The molecule has 4 heteroatoms. The van der Waals surface area contributed by atoms with Gasteiger partial charge in [-0.15, -0.1) is 0 Å². The number of aromatic nitrogens is 2. The molecule has 0 radical (unpaired) electrons. The normalized spacial score (nSPS) is 12.3. The molecule has 1 atom stereocenters. The topological polar surface area (TPSA) is 37.8 Å². The van der Waals surface area contributed by atoms with Crippen LogP contribution in [-0.4, -0.2) is 22.3 Å². The molecule has 0 spiro atoms. The Labute approximate surface area is 125 Å². The van der Waals surface area contributed by atoms with Gasteiger partial charge in [-0.05, 0) is 32.0 Å². The van der Waals surface area contributed by atoms with Gasteiger partial charge in [0.2, 0.25) is 0 Å². The molecule has 1 aromatic carbocycles. The van der Waals surface area contributed by atoms with Crippen molar-refractivity contribution in [3.63, 3.8) is 0 Å².